The van der Waals surface area contributed by atoms with E-state index in [9.17, 15) is 0 Å². The highest BCUT2D eigenvalue weighted by Gasteiger charge is 2.19. The number of hydrogen-bond donors (Lipinski definition) is 1. The minimum Gasteiger partial charge on any atom is -0.328 e. The van der Waals surface area contributed by atoms with E-state index in [0.29, 0.717) is 0 Å². The number of piperazine rings is 1. The number of nitrogens with zero attached hydrogens (tertiary/aromatic N) is 2. The normalized spacial score (nSPS) is 16.6. The molecule has 1 aliphatic rings. The summed E-state index contributed by atoms with van der Waals surface area (Å²) in [5.74, 6) is 0. The summed E-state index contributed by atoms with van der Waals surface area (Å²) in [5, 5.41) is 7.68. The molecular weight excluding hydrogens is 330 g/mol. The van der Waals surface area contributed by atoms with Crippen LogP contribution in [0.2, 0.25) is 5.02 Å². The van der Waals surface area contributed by atoms with E-state index in [1.165, 1.54) is 11.1 Å². The van der Waals surface area contributed by atoms with E-state index in [0.717, 1.165) is 43.3 Å². The predicted octanol–water partition coefficient (Wildman–Crippen LogP) is 3.13. The number of allylic oxidation sites excluding steroid dienone is 1. The van der Waals surface area contributed by atoms with Gasteiger partial charge in [0.15, 0.2) is 0 Å². The largest absolute Gasteiger partial charge is 0.328 e. The van der Waals surface area contributed by atoms with Gasteiger partial charge in [0.25, 0.3) is 0 Å². The molecule has 0 bridgehead atoms. The summed E-state index contributed by atoms with van der Waals surface area (Å²) >= 11 is 6.27. The Morgan fingerprint density at radius 1 is 1.08 bits per heavy atom. The molecule has 2 aromatic rings. The minimum atomic E-state index is 0.872. The third-order valence-electron chi connectivity index (χ3n) is 4.46. The maximum atomic E-state index is 6.27. The molecule has 0 spiro atoms. The Balaban J connectivity index is 1.49. The van der Waals surface area contributed by atoms with Crippen LogP contribution in [0.5, 0.6) is 0 Å². The quantitative estimate of drug-likeness (QED) is 0.818. The van der Waals surface area contributed by atoms with Gasteiger partial charge in [-0.05, 0) is 24.1 Å². The van der Waals surface area contributed by atoms with Crippen LogP contribution in [0.3, 0.4) is 0 Å². The molecule has 0 saturated carbocycles. The van der Waals surface area contributed by atoms with Crippen molar-refractivity contribution < 1.29 is 4.90 Å². The van der Waals surface area contributed by atoms with Crippen LogP contribution in [0.4, 0.5) is 0 Å². The average molecular weight is 355 g/mol. The highest BCUT2D eigenvalue weighted by Crippen LogP contribution is 2.13. The molecule has 1 saturated heterocycles. The van der Waals surface area contributed by atoms with Crippen molar-refractivity contribution in [1.82, 2.24) is 5.01 Å². The zero-order valence-electron chi connectivity index (χ0n) is 14.7. The van der Waals surface area contributed by atoms with Crippen LogP contribution in [0.15, 0.2) is 65.3 Å². The van der Waals surface area contributed by atoms with Crippen LogP contribution in [-0.2, 0) is 6.54 Å². The van der Waals surface area contributed by atoms with Crippen molar-refractivity contribution in [2.45, 2.75) is 13.5 Å². The first-order valence-electron chi connectivity index (χ1n) is 8.80. The van der Waals surface area contributed by atoms with Crippen LogP contribution in [0.25, 0.3) is 6.08 Å². The summed E-state index contributed by atoms with van der Waals surface area (Å²) in [6.07, 6.45) is 4.12. The second-order valence-electron chi connectivity index (χ2n) is 6.52. The second kappa shape index (κ2) is 8.84. The topological polar surface area (TPSA) is 20.0 Å². The molecule has 0 amide bonds. The lowest BCUT2D eigenvalue weighted by atomic mass is 10.1. The fourth-order valence-corrected chi connectivity index (χ4v) is 3.24. The Morgan fingerprint density at radius 2 is 1.76 bits per heavy atom. The number of nitrogens with one attached hydrogen (secondary N) is 1. The Bertz CT molecular complexity index is 732. The molecular formula is C21H25ClN3+. The summed E-state index contributed by atoms with van der Waals surface area (Å²) in [5.41, 5.74) is 3.61. The first-order chi connectivity index (χ1) is 12.2. The second-order valence-corrected chi connectivity index (χ2v) is 6.92. The maximum Gasteiger partial charge on any atom is 0.104 e. The van der Waals surface area contributed by atoms with Crippen LogP contribution in [-0.4, -0.2) is 37.4 Å². The van der Waals surface area contributed by atoms with Crippen molar-refractivity contribution in [3.8, 4) is 0 Å². The van der Waals surface area contributed by atoms with Crippen molar-refractivity contribution in [2.24, 2.45) is 5.10 Å². The molecule has 0 aliphatic carbocycles. The average Bonchev–Trinajstić information content (AvgIpc) is 2.64. The van der Waals surface area contributed by atoms with Crippen molar-refractivity contribution in [3.63, 3.8) is 0 Å². The van der Waals surface area contributed by atoms with E-state index in [2.05, 4.69) is 59.5 Å². The van der Waals surface area contributed by atoms with Gasteiger partial charge in [-0.1, -0.05) is 66.2 Å². The Labute approximate surface area is 155 Å². The van der Waals surface area contributed by atoms with E-state index >= 15 is 0 Å². The van der Waals surface area contributed by atoms with Crippen LogP contribution in [0, 0.1) is 0 Å². The SMILES string of the molecule is CC(/C=N\N1CC[NH+](Cc2ccccc2Cl)CC1)=C\c1ccccc1. The molecule has 0 radical (unpaired) electrons. The number of benzene rings is 2. The molecule has 1 aliphatic heterocycles. The number of hydrogen-bond acceptors (Lipinski definition) is 2. The molecule has 0 aromatic heterocycles. The van der Waals surface area contributed by atoms with Crippen molar-refractivity contribution in [3.05, 3.63) is 76.3 Å². The Kier molecular flexibility index (Phi) is 6.26. The number of halogens is 1. The lowest BCUT2D eigenvalue weighted by Gasteiger charge is -2.30. The monoisotopic (exact) mass is 354 g/mol. The zero-order chi connectivity index (χ0) is 17.5. The first-order valence-corrected chi connectivity index (χ1v) is 9.18. The van der Waals surface area contributed by atoms with Gasteiger partial charge >= 0.3 is 0 Å². The van der Waals surface area contributed by atoms with Gasteiger partial charge in [0.2, 0.25) is 0 Å². The molecule has 4 heteroatoms. The van der Waals surface area contributed by atoms with Gasteiger partial charge in [0.1, 0.15) is 6.54 Å². The van der Waals surface area contributed by atoms with Crippen molar-refractivity contribution in [1.29, 1.82) is 0 Å². The molecule has 25 heavy (non-hydrogen) atoms. The highest BCUT2D eigenvalue weighted by molar-refractivity contribution is 6.31. The summed E-state index contributed by atoms with van der Waals surface area (Å²) in [4.78, 5) is 1.57. The lowest BCUT2D eigenvalue weighted by molar-refractivity contribution is -0.918. The van der Waals surface area contributed by atoms with E-state index in [-0.39, 0.29) is 0 Å². The molecule has 0 unspecified atom stereocenters. The summed E-state index contributed by atoms with van der Waals surface area (Å²) in [6.45, 7) is 7.22. The van der Waals surface area contributed by atoms with Crippen molar-refractivity contribution >= 4 is 23.9 Å². The molecule has 3 rings (SSSR count). The summed E-state index contributed by atoms with van der Waals surface area (Å²) < 4.78 is 0. The van der Waals surface area contributed by atoms with Gasteiger partial charge < -0.3 is 4.90 Å². The maximum absolute atomic E-state index is 6.27. The molecule has 130 valence electrons. The third kappa shape index (κ3) is 5.45. The zero-order valence-corrected chi connectivity index (χ0v) is 15.4. The molecule has 3 nitrogen and oxygen atoms in total. The number of hydrazone groups is 1. The van der Waals surface area contributed by atoms with E-state index < -0.39 is 0 Å². The standard InChI is InChI=1S/C21H24ClN3/c1-18(15-19-7-3-2-4-8-19)16-23-25-13-11-24(12-14-25)17-20-9-5-6-10-21(20)22/h2-10,15-16H,11-14,17H2,1H3/p+1/b18-15+,23-16-. The van der Waals surface area contributed by atoms with Gasteiger partial charge in [0, 0.05) is 16.8 Å². The molecule has 1 heterocycles. The summed E-state index contributed by atoms with van der Waals surface area (Å²) in [7, 11) is 0. The van der Waals surface area contributed by atoms with Gasteiger partial charge in [-0.25, -0.2) is 0 Å². The fourth-order valence-electron chi connectivity index (χ4n) is 3.04. The van der Waals surface area contributed by atoms with Crippen LogP contribution >= 0.6 is 11.6 Å². The molecule has 2 aromatic carbocycles. The predicted molar refractivity (Wildman–Crippen MR) is 106 cm³/mol. The molecule has 1 N–H and O–H groups in total. The number of quaternary nitrogens is 1. The summed E-state index contributed by atoms with van der Waals surface area (Å²) in [6, 6.07) is 18.5. The molecule has 0 atom stereocenters. The van der Waals surface area contributed by atoms with E-state index in [1.54, 1.807) is 4.90 Å². The van der Waals surface area contributed by atoms with Crippen LogP contribution in [0.1, 0.15) is 18.1 Å². The number of rotatable bonds is 5. The van der Waals surface area contributed by atoms with Crippen LogP contribution < -0.4 is 4.90 Å². The van der Waals surface area contributed by atoms with Crippen molar-refractivity contribution in [2.75, 3.05) is 26.2 Å². The van der Waals surface area contributed by atoms with Gasteiger partial charge in [-0.3, -0.25) is 5.01 Å². The highest BCUT2D eigenvalue weighted by atomic mass is 35.5. The first kappa shape index (κ1) is 17.7. The molecule has 1 fully saturated rings. The van der Waals surface area contributed by atoms with E-state index in [4.69, 9.17) is 11.6 Å². The Morgan fingerprint density at radius 3 is 2.48 bits per heavy atom. The fraction of sp³-hybridized carbons (Fsp3) is 0.286. The van der Waals surface area contributed by atoms with Gasteiger partial charge in [-0.15, -0.1) is 0 Å². The smallest absolute Gasteiger partial charge is 0.104 e. The third-order valence-corrected chi connectivity index (χ3v) is 4.83. The minimum absolute atomic E-state index is 0.872. The van der Waals surface area contributed by atoms with Gasteiger partial charge in [0.05, 0.1) is 26.2 Å². The Hall–Kier alpha value is -2.10. The van der Waals surface area contributed by atoms with Gasteiger partial charge in [-0.2, -0.15) is 5.10 Å². The van der Waals surface area contributed by atoms with E-state index in [1.807, 2.05) is 24.4 Å². The lowest BCUT2D eigenvalue weighted by Crippen LogP contribution is -3.13.